The van der Waals surface area contributed by atoms with Gasteiger partial charge < -0.3 is 18.9 Å². The van der Waals surface area contributed by atoms with Crippen LogP contribution in [-0.4, -0.2) is 77.2 Å². The van der Waals surface area contributed by atoms with Crippen LogP contribution in [0.3, 0.4) is 0 Å². The minimum atomic E-state index is -4.26. The predicted octanol–water partition coefficient (Wildman–Crippen LogP) is 2.23. The van der Waals surface area contributed by atoms with E-state index in [1.54, 1.807) is 48.5 Å². The molecule has 29 heavy (non-hydrogen) atoms. The summed E-state index contributed by atoms with van der Waals surface area (Å²) in [4.78, 5) is 4.65. The van der Waals surface area contributed by atoms with Gasteiger partial charge in [-0.1, -0.05) is 0 Å². The van der Waals surface area contributed by atoms with Gasteiger partial charge in [0, 0.05) is 49.4 Å². The van der Waals surface area contributed by atoms with Crippen LogP contribution < -0.4 is 9.80 Å². The summed E-state index contributed by atoms with van der Waals surface area (Å²) >= 11 is 0. The first-order chi connectivity index (χ1) is 12.8. The van der Waals surface area contributed by atoms with Crippen LogP contribution in [0.4, 0.5) is 11.4 Å². The number of hydrogen-bond acceptors (Lipinski definition) is 10. The molecule has 0 heterocycles. The van der Waals surface area contributed by atoms with Gasteiger partial charge in [-0.2, -0.15) is 0 Å². The van der Waals surface area contributed by atoms with Crippen LogP contribution in [0.5, 0.6) is 0 Å². The Labute approximate surface area is 195 Å². The third-order valence-electron chi connectivity index (χ3n) is 3.10. The van der Waals surface area contributed by atoms with E-state index in [0.717, 1.165) is 11.4 Å². The van der Waals surface area contributed by atoms with Gasteiger partial charge in [0.25, 0.3) is 0 Å². The Morgan fingerprint density at radius 1 is 0.621 bits per heavy atom. The fourth-order valence-electron chi connectivity index (χ4n) is 1.84. The van der Waals surface area contributed by atoms with Crippen LogP contribution in [0, 0.1) is 0 Å². The second-order valence-electron chi connectivity index (χ2n) is 5.76. The molecule has 0 atom stereocenters. The van der Waals surface area contributed by atoms with Gasteiger partial charge in [0.2, 0.25) is 0 Å². The smallest absolute Gasteiger partial charge is 0.739 e. The van der Waals surface area contributed by atoms with Crippen LogP contribution in [0.15, 0.2) is 58.3 Å². The van der Waals surface area contributed by atoms with Crippen molar-refractivity contribution in [3.63, 3.8) is 0 Å². The Hall–Kier alpha value is -0.674. The van der Waals surface area contributed by atoms with Crippen molar-refractivity contribution in [3.05, 3.63) is 48.5 Å². The molecule has 2 aromatic carbocycles. The number of benzene rings is 2. The Morgan fingerprint density at radius 3 is 1.03 bits per heavy atom. The Balaban J connectivity index is 0.000000523. The Kier molecular flexibility index (Phi) is 12.0. The van der Waals surface area contributed by atoms with Crippen molar-refractivity contribution in [1.82, 2.24) is 0 Å². The van der Waals surface area contributed by atoms with Crippen LogP contribution in [0.2, 0.25) is 0 Å². The zero-order valence-corrected chi connectivity index (χ0v) is 21.0. The summed E-state index contributed by atoms with van der Waals surface area (Å²) in [5, 5.41) is 0. The maximum Gasteiger partial charge on any atom is 2.00 e. The molecule has 0 saturated heterocycles. The van der Waals surface area contributed by atoms with Gasteiger partial charge in [0.05, 0.1) is 0 Å². The normalized spacial score (nSPS) is 11.0. The molecule has 0 spiro atoms. The molecule has 0 bridgehead atoms. The average Bonchev–Trinajstić information content (AvgIpc) is 2.53. The van der Waals surface area contributed by atoms with E-state index in [1.807, 2.05) is 38.0 Å². The van der Waals surface area contributed by atoms with E-state index < -0.39 is 18.3 Å². The number of anilines is 2. The molecule has 0 aliphatic heterocycles. The summed E-state index contributed by atoms with van der Waals surface area (Å²) in [6.45, 7) is 0. The Morgan fingerprint density at radius 2 is 0.862 bits per heavy atom. The van der Waals surface area contributed by atoms with Crippen molar-refractivity contribution in [3.8, 4) is 0 Å². The zero-order chi connectivity index (χ0) is 21.5. The summed E-state index contributed by atoms with van der Waals surface area (Å²) in [7, 11) is -0.350. The third kappa shape index (κ3) is 12.6. The fourth-order valence-corrected chi connectivity index (χ4v) is 4.88. The molecule has 13 heteroatoms. The molecule has 2 rings (SSSR count). The summed E-state index contributed by atoms with van der Waals surface area (Å²) in [6.07, 6.45) is 0. The molecular weight excluding hydrogens is 469 g/mol. The molecular formula is C16H20MgN2O6S4. The van der Waals surface area contributed by atoms with E-state index in [0.29, 0.717) is 31.4 Å². The molecule has 0 N–H and O–H groups in total. The van der Waals surface area contributed by atoms with Crippen molar-refractivity contribution < 1.29 is 25.9 Å². The van der Waals surface area contributed by atoms with Gasteiger partial charge in [-0.05, 0) is 70.1 Å². The molecule has 0 fully saturated rings. The van der Waals surface area contributed by atoms with Crippen LogP contribution in [-0.2, 0) is 18.3 Å². The van der Waals surface area contributed by atoms with Crippen molar-refractivity contribution in [1.29, 1.82) is 0 Å². The third-order valence-corrected chi connectivity index (χ3v) is 6.82. The second kappa shape index (κ2) is 12.2. The van der Waals surface area contributed by atoms with Crippen molar-refractivity contribution in [2.45, 2.75) is 9.79 Å². The van der Waals surface area contributed by atoms with Crippen molar-refractivity contribution in [2.24, 2.45) is 0 Å². The predicted molar refractivity (Wildman–Crippen MR) is 118 cm³/mol. The molecule has 0 amide bonds. The fraction of sp³-hybridized carbons (Fsp3) is 0.250. The first-order valence-electron chi connectivity index (χ1n) is 7.62. The maximum atomic E-state index is 10.4. The Bertz CT molecular complexity index is 882. The summed E-state index contributed by atoms with van der Waals surface area (Å²) < 4.78 is 62.5. The molecule has 8 nitrogen and oxygen atoms in total. The second-order valence-corrected chi connectivity index (χ2v) is 12.1. The quantitative estimate of drug-likeness (QED) is 0.340. The minimum Gasteiger partial charge on any atom is -0.739 e. The van der Waals surface area contributed by atoms with E-state index in [-0.39, 0.29) is 23.1 Å². The number of hydrogen-bond donors (Lipinski definition) is 0. The van der Waals surface area contributed by atoms with Crippen LogP contribution >= 0.6 is 21.6 Å². The molecule has 0 unspecified atom stereocenters. The minimum absolute atomic E-state index is 0. The van der Waals surface area contributed by atoms with Gasteiger partial charge in [-0.3, -0.25) is 0 Å². The first-order valence-corrected chi connectivity index (χ1v) is 13.1. The summed E-state index contributed by atoms with van der Waals surface area (Å²) in [5.41, 5.74) is 1.91. The van der Waals surface area contributed by atoms with E-state index in [4.69, 9.17) is 0 Å². The molecule has 156 valence electrons. The number of nitrogens with zero attached hydrogens (tertiary/aromatic N) is 2. The monoisotopic (exact) mass is 488 g/mol. The van der Waals surface area contributed by atoms with Gasteiger partial charge in [0.15, 0.2) is 18.3 Å². The molecule has 0 aromatic heterocycles. The molecule has 2 aromatic rings. The average molecular weight is 489 g/mol. The maximum absolute atomic E-state index is 10.4. The molecule has 0 radical (unpaired) electrons. The van der Waals surface area contributed by atoms with Gasteiger partial charge in [-0.15, -0.1) is 0 Å². The largest absolute Gasteiger partial charge is 2.00 e. The van der Waals surface area contributed by atoms with Crippen molar-refractivity contribution >= 4 is 74.3 Å². The summed E-state index contributed by atoms with van der Waals surface area (Å²) in [6, 6.07) is 13.5. The SMILES string of the molecule is CN(C)c1ccc(SS(=O)(=O)[O-])cc1.CN(C)c1ccc(SS(=O)(=O)[O-])cc1.[Mg+2]. The van der Waals surface area contributed by atoms with Crippen LogP contribution in [0.1, 0.15) is 0 Å². The zero-order valence-electron chi connectivity index (χ0n) is 16.3. The van der Waals surface area contributed by atoms with E-state index in [9.17, 15) is 25.9 Å². The number of rotatable bonds is 6. The van der Waals surface area contributed by atoms with E-state index in [2.05, 4.69) is 0 Å². The molecule has 0 saturated carbocycles. The summed E-state index contributed by atoms with van der Waals surface area (Å²) in [5.74, 6) is 0. The topological polar surface area (TPSA) is 121 Å². The van der Waals surface area contributed by atoms with Gasteiger partial charge >= 0.3 is 23.1 Å². The van der Waals surface area contributed by atoms with Crippen LogP contribution in [0.25, 0.3) is 0 Å². The first kappa shape index (κ1) is 28.3. The van der Waals surface area contributed by atoms with E-state index >= 15 is 0 Å². The molecule has 0 aliphatic rings. The molecule has 0 aliphatic carbocycles. The van der Waals surface area contributed by atoms with E-state index in [1.165, 1.54) is 0 Å². The standard InChI is InChI=1S/2C8H11NO3S2.Mg/c2*1-9(2)7-3-5-8(6-4-7)13-14(10,11)12;/h2*3-6H,1-2H3,(H,10,11,12);/q;;+2/p-2. The van der Waals surface area contributed by atoms with Gasteiger partial charge in [-0.25, -0.2) is 16.8 Å². The van der Waals surface area contributed by atoms with Gasteiger partial charge in [0.1, 0.15) is 0 Å². The van der Waals surface area contributed by atoms with Crippen molar-refractivity contribution in [2.75, 3.05) is 38.0 Å².